The standard InChI is InChI=1S/C14H10Cl2N2O/c15-12-7-3-1-5-10(12)9-17-18-14(19)11-6-2-4-8-13(11)16/h1-9H,(H,18,19). The van der Waals surface area contributed by atoms with Gasteiger partial charge in [-0.25, -0.2) is 5.43 Å². The minimum atomic E-state index is -0.367. The summed E-state index contributed by atoms with van der Waals surface area (Å²) in [6.45, 7) is 0. The zero-order chi connectivity index (χ0) is 13.7. The molecule has 0 aliphatic heterocycles. The van der Waals surface area contributed by atoms with Gasteiger partial charge in [0.2, 0.25) is 0 Å². The lowest BCUT2D eigenvalue weighted by Crippen LogP contribution is -2.17. The summed E-state index contributed by atoms with van der Waals surface area (Å²) in [7, 11) is 0. The van der Waals surface area contributed by atoms with Crippen LogP contribution in [0.25, 0.3) is 0 Å². The molecule has 0 atom stereocenters. The van der Waals surface area contributed by atoms with Crippen LogP contribution in [0.2, 0.25) is 10.0 Å². The average Bonchev–Trinajstić information content (AvgIpc) is 2.41. The normalized spacial score (nSPS) is 10.6. The van der Waals surface area contributed by atoms with Crippen LogP contribution in [0.4, 0.5) is 0 Å². The zero-order valence-corrected chi connectivity index (χ0v) is 11.3. The van der Waals surface area contributed by atoms with Gasteiger partial charge in [-0.1, -0.05) is 53.5 Å². The second-order valence-electron chi connectivity index (χ2n) is 3.70. The molecular weight excluding hydrogens is 283 g/mol. The Kier molecular flexibility index (Phi) is 4.55. The number of nitrogens with zero attached hydrogens (tertiary/aromatic N) is 1. The Balaban J connectivity index is 2.06. The van der Waals surface area contributed by atoms with Crippen molar-refractivity contribution in [1.29, 1.82) is 0 Å². The van der Waals surface area contributed by atoms with Gasteiger partial charge in [-0.2, -0.15) is 5.10 Å². The predicted octanol–water partition coefficient (Wildman–Crippen LogP) is 3.76. The topological polar surface area (TPSA) is 41.5 Å². The van der Waals surface area contributed by atoms with Crippen molar-refractivity contribution in [1.82, 2.24) is 5.43 Å². The van der Waals surface area contributed by atoms with E-state index in [2.05, 4.69) is 10.5 Å². The number of hydrogen-bond donors (Lipinski definition) is 1. The summed E-state index contributed by atoms with van der Waals surface area (Å²) in [6, 6.07) is 14.0. The fourth-order valence-corrected chi connectivity index (χ4v) is 1.85. The number of benzene rings is 2. The fraction of sp³-hybridized carbons (Fsp3) is 0. The average molecular weight is 293 g/mol. The number of hydrogen-bond acceptors (Lipinski definition) is 2. The van der Waals surface area contributed by atoms with Crippen molar-refractivity contribution in [3.8, 4) is 0 Å². The molecule has 0 fully saturated rings. The Labute approximate surface area is 120 Å². The van der Waals surface area contributed by atoms with E-state index in [1.165, 1.54) is 6.21 Å². The van der Waals surface area contributed by atoms with E-state index in [0.717, 1.165) is 5.56 Å². The maximum atomic E-state index is 11.8. The highest BCUT2D eigenvalue weighted by Crippen LogP contribution is 2.14. The molecule has 2 rings (SSSR count). The molecule has 2 aromatic carbocycles. The Bertz CT molecular complexity index is 626. The first-order chi connectivity index (χ1) is 9.18. The van der Waals surface area contributed by atoms with Gasteiger partial charge in [0.15, 0.2) is 0 Å². The van der Waals surface area contributed by atoms with E-state index in [1.54, 1.807) is 36.4 Å². The second kappa shape index (κ2) is 6.36. The number of nitrogens with one attached hydrogen (secondary N) is 1. The highest BCUT2D eigenvalue weighted by atomic mass is 35.5. The third-order valence-electron chi connectivity index (χ3n) is 2.39. The van der Waals surface area contributed by atoms with Crippen molar-refractivity contribution in [2.24, 2.45) is 5.10 Å². The molecule has 5 heteroatoms. The first-order valence-electron chi connectivity index (χ1n) is 5.51. The molecule has 96 valence electrons. The Morgan fingerprint density at radius 2 is 1.63 bits per heavy atom. The number of carbonyl (C=O) groups excluding carboxylic acids is 1. The van der Waals surface area contributed by atoms with Gasteiger partial charge in [0.05, 0.1) is 16.8 Å². The lowest BCUT2D eigenvalue weighted by molar-refractivity contribution is 0.0955. The maximum Gasteiger partial charge on any atom is 0.272 e. The van der Waals surface area contributed by atoms with Gasteiger partial charge in [-0.3, -0.25) is 4.79 Å². The summed E-state index contributed by atoms with van der Waals surface area (Å²) < 4.78 is 0. The molecule has 0 saturated heterocycles. The van der Waals surface area contributed by atoms with Crippen LogP contribution >= 0.6 is 23.2 Å². The van der Waals surface area contributed by atoms with Gasteiger partial charge in [0, 0.05) is 10.6 Å². The molecule has 0 saturated carbocycles. The maximum absolute atomic E-state index is 11.8. The van der Waals surface area contributed by atoms with E-state index in [4.69, 9.17) is 23.2 Å². The highest BCUT2D eigenvalue weighted by molar-refractivity contribution is 6.34. The summed E-state index contributed by atoms with van der Waals surface area (Å²) in [5, 5.41) is 4.80. The molecule has 19 heavy (non-hydrogen) atoms. The molecule has 0 aliphatic carbocycles. The van der Waals surface area contributed by atoms with Gasteiger partial charge in [0.25, 0.3) is 5.91 Å². The van der Waals surface area contributed by atoms with Crippen LogP contribution in [0.15, 0.2) is 53.6 Å². The SMILES string of the molecule is O=C(NN=Cc1ccccc1Cl)c1ccccc1Cl. The van der Waals surface area contributed by atoms with E-state index in [9.17, 15) is 4.79 Å². The summed E-state index contributed by atoms with van der Waals surface area (Å²) in [6.07, 6.45) is 1.48. The van der Waals surface area contributed by atoms with Crippen molar-refractivity contribution in [2.75, 3.05) is 0 Å². The van der Waals surface area contributed by atoms with E-state index in [0.29, 0.717) is 15.6 Å². The van der Waals surface area contributed by atoms with Crippen LogP contribution in [0.1, 0.15) is 15.9 Å². The quantitative estimate of drug-likeness (QED) is 0.679. The van der Waals surface area contributed by atoms with Gasteiger partial charge >= 0.3 is 0 Å². The number of amides is 1. The lowest BCUT2D eigenvalue weighted by atomic mass is 10.2. The largest absolute Gasteiger partial charge is 0.272 e. The molecule has 0 radical (unpaired) electrons. The predicted molar refractivity (Wildman–Crippen MR) is 78.0 cm³/mol. The van der Waals surface area contributed by atoms with Crippen LogP contribution in [0, 0.1) is 0 Å². The molecule has 3 nitrogen and oxygen atoms in total. The highest BCUT2D eigenvalue weighted by Gasteiger charge is 2.07. The van der Waals surface area contributed by atoms with Crippen LogP contribution < -0.4 is 5.43 Å². The van der Waals surface area contributed by atoms with E-state index in [1.807, 2.05) is 12.1 Å². The van der Waals surface area contributed by atoms with Crippen LogP contribution in [-0.4, -0.2) is 12.1 Å². The summed E-state index contributed by atoms with van der Waals surface area (Å²) in [4.78, 5) is 11.8. The summed E-state index contributed by atoms with van der Waals surface area (Å²) in [5.41, 5.74) is 3.50. The number of hydrazone groups is 1. The van der Waals surface area contributed by atoms with Crippen LogP contribution in [0.5, 0.6) is 0 Å². The molecule has 0 unspecified atom stereocenters. The summed E-state index contributed by atoms with van der Waals surface area (Å²) >= 11 is 11.9. The van der Waals surface area contributed by atoms with Gasteiger partial charge in [0.1, 0.15) is 0 Å². The minimum Gasteiger partial charge on any atom is -0.267 e. The molecule has 0 bridgehead atoms. The van der Waals surface area contributed by atoms with Gasteiger partial charge in [-0.05, 0) is 18.2 Å². The van der Waals surface area contributed by atoms with Gasteiger partial charge < -0.3 is 0 Å². The van der Waals surface area contributed by atoms with Crippen LogP contribution in [-0.2, 0) is 0 Å². The van der Waals surface area contributed by atoms with Gasteiger partial charge in [-0.15, -0.1) is 0 Å². The molecule has 0 spiro atoms. The Morgan fingerprint density at radius 1 is 1.00 bits per heavy atom. The van der Waals surface area contributed by atoms with E-state index >= 15 is 0 Å². The van der Waals surface area contributed by atoms with Crippen LogP contribution in [0.3, 0.4) is 0 Å². The molecule has 0 aliphatic rings. The molecule has 1 amide bonds. The third kappa shape index (κ3) is 3.56. The van der Waals surface area contributed by atoms with Crippen molar-refractivity contribution in [2.45, 2.75) is 0 Å². The molecule has 1 N–H and O–H groups in total. The monoisotopic (exact) mass is 292 g/mol. The van der Waals surface area contributed by atoms with E-state index in [-0.39, 0.29) is 5.91 Å². The van der Waals surface area contributed by atoms with Crippen molar-refractivity contribution >= 4 is 35.3 Å². The second-order valence-corrected chi connectivity index (χ2v) is 4.51. The zero-order valence-electron chi connectivity index (χ0n) is 9.81. The van der Waals surface area contributed by atoms with Crippen molar-refractivity contribution in [3.05, 3.63) is 69.7 Å². The molecule has 2 aromatic rings. The molecule has 0 aromatic heterocycles. The van der Waals surface area contributed by atoms with E-state index < -0.39 is 0 Å². The number of halogens is 2. The number of rotatable bonds is 3. The number of carbonyl (C=O) groups is 1. The van der Waals surface area contributed by atoms with Crippen molar-refractivity contribution < 1.29 is 4.79 Å². The minimum absolute atomic E-state index is 0.367. The van der Waals surface area contributed by atoms with Crippen molar-refractivity contribution in [3.63, 3.8) is 0 Å². The Morgan fingerprint density at radius 3 is 2.32 bits per heavy atom. The first kappa shape index (κ1) is 13.6. The fourth-order valence-electron chi connectivity index (χ4n) is 1.45. The summed E-state index contributed by atoms with van der Waals surface area (Å²) in [5.74, 6) is -0.367. The first-order valence-corrected chi connectivity index (χ1v) is 6.26. The molecule has 0 heterocycles. The smallest absolute Gasteiger partial charge is 0.267 e. The third-order valence-corrected chi connectivity index (χ3v) is 3.07. The Hall–Kier alpha value is -1.84. The lowest BCUT2D eigenvalue weighted by Gasteiger charge is -2.02. The molecular formula is C14H10Cl2N2O.